The van der Waals surface area contributed by atoms with Crippen LogP contribution < -0.4 is 0 Å². The Morgan fingerprint density at radius 1 is 0.967 bits per heavy atom. The van der Waals surface area contributed by atoms with Crippen LogP contribution >= 0.6 is 0 Å². The number of hydrogen-bond acceptors (Lipinski definition) is 3. The van der Waals surface area contributed by atoms with E-state index in [-0.39, 0.29) is 24.3 Å². The normalized spacial score (nSPS) is 14.4. The predicted octanol–water partition coefficient (Wildman–Crippen LogP) is 4.67. The van der Waals surface area contributed by atoms with Crippen molar-refractivity contribution in [3.05, 3.63) is 60.1 Å². The smallest absolute Gasteiger partial charge is 0.242 e. The molecule has 1 aliphatic rings. The molecule has 0 aliphatic heterocycles. The average molecular weight is 411 g/mol. The zero-order valence-electron chi connectivity index (χ0n) is 18.1. The number of furan rings is 1. The Labute approximate surface area is 180 Å². The highest BCUT2D eigenvalue weighted by molar-refractivity contribution is 5.86. The van der Waals surface area contributed by atoms with Gasteiger partial charge < -0.3 is 14.2 Å². The third-order valence-corrected chi connectivity index (χ3v) is 5.88. The van der Waals surface area contributed by atoms with Crippen molar-refractivity contribution in [3.8, 4) is 0 Å². The first-order valence-electron chi connectivity index (χ1n) is 11.3. The van der Waals surface area contributed by atoms with Gasteiger partial charge in [0.25, 0.3) is 0 Å². The summed E-state index contributed by atoms with van der Waals surface area (Å²) in [6, 6.07) is 13.9. The second-order valence-electron chi connectivity index (χ2n) is 8.22. The van der Waals surface area contributed by atoms with Crippen LogP contribution in [0.2, 0.25) is 0 Å². The lowest BCUT2D eigenvalue weighted by Crippen LogP contribution is -2.45. The van der Waals surface area contributed by atoms with Crippen LogP contribution in [-0.4, -0.2) is 41.2 Å². The van der Waals surface area contributed by atoms with Gasteiger partial charge in [-0.05, 0) is 43.4 Å². The summed E-state index contributed by atoms with van der Waals surface area (Å²) in [7, 11) is 0. The first-order chi connectivity index (χ1) is 14.7. The molecule has 162 valence electrons. The van der Waals surface area contributed by atoms with Crippen molar-refractivity contribution in [1.29, 1.82) is 0 Å². The molecule has 1 saturated carbocycles. The van der Waals surface area contributed by atoms with E-state index in [9.17, 15) is 9.59 Å². The van der Waals surface area contributed by atoms with Crippen LogP contribution in [-0.2, 0) is 22.6 Å². The number of nitrogens with zero attached hydrogens (tertiary/aromatic N) is 2. The number of hydrogen-bond donors (Lipinski definition) is 0. The number of carbonyl (C=O) groups excluding carboxylic acids is 2. The summed E-state index contributed by atoms with van der Waals surface area (Å²) in [6.07, 6.45) is 8.62. The van der Waals surface area contributed by atoms with Crippen LogP contribution in [0.15, 0.2) is 53.1 Å². The summed E-state index contributed by atoms with van der Waals surface area (Å²) >= 11 is 0. The van der Waals surface area contributed by atoms with Gasteiger partial charge in [-0.3, -0.25) is 9.59 Å². The van der Waals surface area contributed by atoms with Crippen LogP contribution in [0, 0.1) is 5.92 Å². The lowest BCUT2D eigenvalue weighted by molar-refractivity contribution is -0.144. The molecular formula is C25H34N2O3. The van der Waals surface area contributed by atoms with Gasteiger partial charge in [0.2, 0.25) is 11.8 Å². The van der Waals surface area contributed by atoms with Crippen molar-refractivity contribution in [2.24, 2.45) is 5.92 Å². The fourth-order valence-corrected chi connectivity index (χ4v) is 4.20. The van der Waals surface area contributed by atoms with Crippen molar-refractivity contribution in [1.82, 2.24) is 9.80 Å². The van der Waals surface area contributed by atoms with Crippen LogP contribution in [0.3, 0.4) is 0 Å². The molecule has 30 heavy (non-hydrogen) atoms. The third kappa shape index (κ3) is 6.48. The maximum atomic E-state index is 13.3. The minimum Gasteiger partial charge on any atom is -0.467 e. The van der Waals surface area contributed by atoms with E-state index in [0.717, 1.165) is 44.3 Å². The van der Waals surface area contributed by atoms with E-state index in [4.69, 9.17) is 4.42 Å². The molecule has 0 unspecified atom stereocenters. The minimum absolute atomic E-state index is 0.0139. The van der Waals surface area contributed by atoms with Gasteiger partial charge in [0.15, 0.2) is 0 Å². The largest absolute Gasteiger partial charge is 0.467 e. The lowest BCUT2D eigenvalue weighted by Gasteiger charge is -2.31. The van der Waals surface area contributed by atoms with Crippen LogP contribution in [0.25, 0.3) is 0 Å². The van der Waals surface area contributed by atoms with E-state index < -0.39 is 0 Å². The van der Waals surface area contributed by atoms with Crippen molar-refractivity contribution >= 4 is 11.8 Å². The number of rotatable bonds is 10. The van der Waals surface area contributed by atoms with E-state index in [2.05, 4.69) is 19.1 Å². The molecule has 3 rings (SSSR count). The molecule has 0 bridgehead atoms. The van der Waals surface area contributed by atoms with Gasteiger partial charge in [-0.1, -0.05) is 56.5 Å². The molecule has 0 radical (unpaired) electrons. The molecule has 1 aromatic heterocycles. The van der Waals surface area contributed by atoms with Gasteiger partial charge in [-0.25, -0.2) is 0 Å². The maximum absolute atomic E-state index is 13.3. The maximum Gasteiger partial charge on any atom is 0.242 e. The molecule has 1 aliphatic carbocycles. The Kier molecular flexibility index (Phi) is 8.54. The van der Waals surface area contributed by atoms with Gasteiger partial charge in [0.1, 0.15) is 5.76 Å². The Hall–Kier alpha value is -2.56. The average Bonchev–Trinajstić information content (AvgIpc) is 3.30. The molecule has 1 fully saturated rings. The Bertz CT molecular complexity index is 767. The molecule has 5 heteroatoms. The number of carbonyl (C=O) groups is 2. The van der Waals surface area contributed by atoms with E-state index >= 15 is 0 Å². The Balaban J connectivity index is 1.66. The van der Waals surface area contributed by atoms with Crippen molar-refractivity contribution in [2.45, 2.75) is 58.4 Å². The summed E-state index contributed by atoms with van der Waals surface area (Å²) in [4.78, 5) is 29.9. The summed E-state index contributed by atoms with van der Waals surface area (Å²) in [5.41, 5.74) is 1.19. The highest BCUT2D eigenvalue weighted by Gasteiger charge is 2.28. The predicted molar refractivity (Wildman–Crippen MR) is 118 cm³/mol. The second kappa shape index (κ2) is 11.6. The highest BCUT2D eigenvalue weighted by Crippen LogP contribution is 2.25. The number of amides is 2. The first kappa shape index (κ1) is 22.1. The standard InChI is InChI=1S/C25H34N2O3/c1-2-16-27(25(29)22-12-7-4-8-13-22)20-24(28)26(19-23-14-9-18-30-23)17-15-21-10-5-3-6-11-21/h3,5-6,9-11,14,18,22H,2,4,7-8,12-13,15-17,19-20H2,1H3. The van der Waals surface area contributed by atoms with Gasteiger partial charge in [-0.2, -0.15) is 0 Å². The van der Waals surface area contributed by atoms with Gasteiger partial charge in [-0.15, -0.1) is 0 Å². The molecule has 1 aromatic carbocycles. The lowest BCUT2D eigenvalue weighted by atomic mass is 9.88. The fraction of sp³-hybridized carbons (Fsp3) is 0.520. The third-order valence-electron chi connectivity index (χ3n) is 5.88. The Morgan fingerprint density at radius 3 is 2.40 bits per heavy atom. The van der Waals surface area contributed by atoms with Gasteiger partial charge >= 0.3 is 0 Å². The van der Waals surface area contributed by atoms with Crippen LogP contribution in [0.4, 0.5) is 0 Å². The quantitative estimate of drug-likeness (QED) is 0.572. The Morgan fingerprint density at radius 2 is 1.73 bits per heavy atom. The molecule has 0 N–H and O–H groups in total. The zero-order chi connectivity index (χ0) is 21.2. The molecule has 0 saturated heterocycles. The summed E-state index contributed by atoms with van der Waals surface area (Å²) in [5.74, 6) is 0.990. The van der Waals surface area contributed by atoms with E-state index in [0.29, 0.717) is 19.6 Å². The van der Waals surface area contributed by atoms with Crippen LogP contribution in [0.5, 0.6) is 0 Å². The monoisotopic (exact) mass is 410 g/mol. The molecule has 1 heterocycles. The fourth-order valence-electron chi connectivity index (χ4n) is 4.20. The van der Waals surface area contributed by atoms with Crippen LogP contribution in [0.1, 0.15) is 56.8 Å². The summed E-state index contributed by atoms with van der Waals surface area (Å²) < 4.78 is 5.49. The molecule has 5 nitrogen and oxygen atoms in total. The molecule has 0 spiro atoms. The summed E-state index contributed by atoms with van der Waals surface area (Å²) in [5, 5.41) is 0. The number of benzene rings is 1. The molecule has 2 amide bonds. The van der Waals surface area contributed by atoms with Gasteiger partial charge in [0, 0.05) is 19.0 Å². The molecular weight excluding hydrogens is 376 g/mol. The second-order valence-corrected chi connectivity index (χ2v) is 8.22. The summed E-state index contributed by atoms with van der Waals surface area (Å²) in [6.45, 7) is 3.87. The highest BCUT2D eigenvalue weighted by atomic mass is 16.3. The zero-order valence-corrected chi connectivity index (χ0v) is 18.1. The van der Waals surface area contributed by atoms with Crippen molar-refractivity contribution in [3.63, 3.8) is 0 Å². The minimum atomic E-state index is -0.0139. The van der Waals surface area contributed by atoms with Crippen molar-refractivity contribution < 1.29 is 14.0 Å². The topological polar surface area (TPSA) is 53.8 Å². The SMILES string of the molecule is CCCN(CC(=O)N(CCc1ccccc1)Cc1ccco1)C(=O)C1CCCCC1. The molecule has 2 aromatic rings. The molecule has 0 atom stereocenters. The van der Waals surface area contributed by atoms with E-state index in [1.807, 2.05) is 35.2 Å². The van der Waals surface area contributed by atoms with Crippen molar-refractivity contribution in [2.75, 3.05) is 19.6 Å². The van der Waals surface area contributed by atoms with E-state index in [1.54, 1.807) is 11.2 Å². The van der Waals surface area contributed by atoms with Gasteiger partial charge in [0.05, 0.1) is 19.4 Å². The van der Waals surface area contributed by atoms with E-state index in [1.165, 1.54) is 12.0 Å². The first-order valence-corrected chi connectivity index (χ1v) is 11.3.